The third-order valence-electron chi connectivity index (χ3n) is 5.96. The van der Waals surface area contributed by atoms with Gasteiger partial charge >= 0.3 is 12.1 Å². The van der Waals surface area contributed by atoms with Crippen molar-refractivity contribution in [2.24, 2.45) is 5.92 Å². The highest BCUT2D eigenvalue weighted by Crippen LogP contribution is 2.37. The van der Waals surface area contributed by atoms with Crippen molar-refractivity contribution in [2.75, 3.05) is 39.5 Å². The van der Waals surface area contributed by atoms with Crippen molar-refractivity contribution in [3.63, 3.8) is 0 Å². The first kappa shape index (κ1) is 24.4. The molecule has 1 N–H and O–H groups in total. The van der Waals surface area contributed by atoms with Crippen LogP contribution in [0.5, 0.6) is 0 Å². The first-order valence-corrected chi connectivity index (χ1v) is 11.4. The van der Waals surface area contributed by atoms with Crippen LogP contribution in [0.4, 0.5) is 13.2 Å². The third-order valence-corrected chi connectivity index (χ3v) is 6.97. The molecule has 0 bridgehead atoms. The number of aryl methyl sites for hydroxylation is 1. The standard InChI is InChI=1S/C19H29NO3S.C2HF3O2/c1-15-5-9-24-18(15)11-20-13-19(14-20)10-17(4-8-23-19)22-12-16-2-6-21-7-3-16;3-2(4,5)1(6)7/h5,9,16-17H,2-4,6-8,10-14H2,1H3;(H,6,7). The van der Waals surface area contributed by atoms with E-state index in [0.717, 1.165) is 71.7 Å². The minimum atomic E-state index is -5.08. The van der Waals surface area contributed by atoms with E-state index >= 15 is 0 Å². The van der Waals surface area contributed by atoms with E-state index in [1.165, 1.54) is 10.4 Å². The largest absolute Gasteiger partial charge is 0.490 e. The van der Waals surface area contributed by atoms with Crippen molar-refractivity contribution >= 4 is 17.3 Å². The molecule has 6 nitrogen and oxygen atoms in total. The van der Waals surface area contributed by atoms with Crippen LogP contribution in [-0.2, 0) is 25.5 Å². The highest BCUT2D eigenvalue weighted by atomic mass is 32.1. The van der Waals surface area contributed by atoms with Gasteiger partial charge < -0.3 is 19.3 Å². The summed E-state index contributed by atoms with van der Waals surface area (Å²) in [6, 6.07) is 2.22. The molecule has 3 aliphatic rings. The molecule has 0 saturated carbocycles. The van der Waals surface area contributed by atoms with E-state index in [4.69, 9.17) is 24.1 Å². The summed E-state index contributed by atoms with van der Waals surface area (Å²) in [5.74, 6) is -2.07. The molecular weight excluding hydrogens is 435 g/mol. The van der Waals surface area contributed by atoms with Gasteiger partial charge in [-0.2, -0.15) is 13.2 Å². The van der Waals surface area contributed by atoms with Crippen molar-refractivity contribution in [3.8, 4) is 0 Å². The maximum atomic E-state index is 10.6. The maximum absolute atomic E-state index is 10.6. The Morgan fingerprint density at radius 2 is 1.97 bits per heavy atom. The molecule has 31 heavy (non-hydrogen) atoms. The Balaban J connectivity index is 0.000000339. The highest BCUT2D eigenvalue weighted by molar-refractivity contribution is 7.10. The van der Waals surface area contributed by atoms with Gasteiger partial charge in [-0.05, 0) is 49.1 Å². The van der Waals surface area contributed by atoms with Crippen molar-refractivity contribution < 1.29 is 37.3 Å². The number of rotatable bonds is 5. The van der Waals surface area contributed by atoms with Gasteiger partial charge in [0.05, 0.1) is 11.7 Å². The zero-order chi connectivity index (χ0) is 22.5. The van der Waals surface area contributed by atoms with Crippen LogP contribution in [-0.4, -0.2) is 73.4 Å². The van der Waals surface area contributed by atoms with Gasteiger partial charge in [0.25, 0.3) is 0 Å². The molecule has 1 aromatic heterocycles. The lowest BCUT2D eigenvalue weighted by atomic mass is 9.84. The van der Waals surface area contributed by atoms with E-state index in [1.807, 2.05) is 11.3 Å². The fraction of sp³-hybridized carbons (Fsp3) is 0.762. The molecular formula is C21H30F3NO5S. The van der Waals surface area contributed by atoms with Crippen LogP contribution in [0.2, 0.25) is 0 Å². The lowest BCUT2D eigenvalue weighted by Crippen LogP contribution is -2.65. The topological polar surface area (TPSA) is 68.2 Å². The number of likely N-dealkylation sites (tertiary alicyclic amines) is 1. The smallest absolute Gasteiger partial charge is 0.475 e. The number of hydrogen-bond donors (Lipinski definition) is 1. The molecule has 1 unspecified atom stereocenters. The second kappa shape index (κ2) is 10.6. The number of nitrogens with zero attached hydrogens (tertiary/aromatic N) is 1. The zero-order valence-electron chi connectivity index (χ0n) is 17.7. The summed E-state index contributed by atoms with van der Waals surface area (Å²) < 4.78 is 49.6. The van der Waals surface area contributed by atoms with Crippen LogP contribution in [0.15, 0.2) is 11.4 Å². The van der Waals surface area contributed by atoms with Gasteiger partial charge in [0.1, 0.15) is 0 Å². The number of ether oxygens (including phenoxy) is 3. The minimum Gasteiger partial charge on any atom is -0.475 e. The molecule has 3 saturated heterocycles. The average molecular weight is 466 g/mol. The van der Waals surface area contributed by atoms with Crippen molar-refractivity contribution in [1.29, 1.82) is 0 Å². The molecule has 0 aliphatic carbocycles. The number of alkyl halides is 3. The van der Waals surface area contributed by atoms with E-state index in [-0.39, 0.29) is 5.60 Å². The van der Waals surface area contributed by atoms with Crippen LogP contribution in [0.3, 0.4) is 0 Å². The summed E-state index contributed by atoms with van der Waals surface area (Å²) in [6.45, 7) is 8.96. The predicted molar refractivity (Wildman–Crippen MR) is 109 cm³/mol. The number of hydrogen-bond acceptors (Lipinski definition) is 6. The summed E-state index contributed by atoms with van der Waals surface area (Å²) in [4.78, 5) is 12.9. The van der Waals surface area contributed by atoms with E-state index in [1.54, 1.807) is 0 Å². The van der Waals surface area contributed by atoms with Gasteiger partial charge in [0.2, 0.25) is 0 Å². The molecule has 1 atom stereocenters. The predicted octanol–water partition coefficient (Wildman–Crippen LogP) is 3.87. The number of carboxylic acid groups (broad SMARTS) is 1. The number of carboxylic acids is 1. The van der Waals surface area contributed by atoms with Crippen molar-refractivity contribution in [1.82, 2.24) is 4.90 Å². The van der Waals surface area contributed by atoms with Gasteiger partial charge in [-0.1, -0.05) is 0 Å². The van der Waals surface area contributed by atoms with E-state index in [9.17, 15) is 13.2 Å². The Kier molecular flexibility index (Phi) is 8.37. The number of carbonyl (C=O) groups is 1. The van der Waals surface area contributed by atoms with E-state index in [2.05, 4.69) is 23.3 Å². The first-order valence-electron chi connectivity index (χ1n) is 10.6. The molecule has 0 amide bonds. The Hall–Kier alpha value is -1.20. The molecule has 1 spiro atoms. The maximum Gasteiger partial charge on any atom is 0.490 e. The van der Waals surface area contributed by atoms with Gasteiger partial charge in [-0.3, -0.25) is 4.90 Å². The summed E-state index contributed by atoms with van der Waals surface area (Å²) in [7, 11) is 0. The lowest BCUT2D eigenvalue weighted by molar-refractivity contribution is -0.201. The van der Waals surface area contributed by atoms with Crippen LogP contribution >= 0.6 is 11.3 Å². The SMILES string of the molecule is Cc1ccsc1CN1CC2(CC(OCC3CCOCC3)CCO2)C1.O=C(O)C(F)(F)F. The number of halogens is 3. The molecule has 176 valence electrons. The van der Waals surface area contributed by atoms with Crippen LogP contribution in [0.1, 0.15) is 36.1 Å². The molecule has 4 rings (SSSR count). The molecule has 3 fully saturated rings. The van der Waals surface area contributed by atoms with Gasteiger partial charge in [-0.25, -0.2) is 4.79 Å². The molecule has 4 heterocycles. The molecule has 1 aromatic rings. The average Bonchev–Trinajstić information content (AvgIpc) is 3.11. The minimum absolute atomic E-state index is 0.0593. The quantitative estimate of drug-likeness (QED) is 0.712. The highest BCUT2D eigenvalue weighted by Gasteiger charge is 2.47. The summed E-state index contributed by atoms with van der Waals surface area (Å²) in [5, 5.41) is 9.32. The Morgan fingerprint density at radius 3 is 2.55 bits per heavy atom. The Labute approximate surface area is 184 Å². The zero-order valence-corrected chi connectivity index (χ0v) is 18.5. The monoisotopic (exact) mass is 465 g/mol. The third kappa shape index (κ3) is 7.15. The van der Waals surface area contributed by atoms with Crippen LogP contribution in [0.25, 0.3) is 0 Å². The first-order chi connectivity index (χ1) is 14.7. The van der Waals surface area contributed by atoms with Gasteiger partial charge in [0, 0.05) is 57.4 Å². The fourth-order valence-corrected chi connectivity index (χ4v) is 5.13. The normalized spacial score (nSPS) is 24.3. The van der Waals surface area contributed by atoms with Crippen LogP contribution in [0, 0.1) is 12.8 Å². The molecule has 10 heteroatoms. The summed E-state index contributed by atoms with van der Waals surface area (Å²) in [6.07, 6.45) is -0.275. The van der Waals surface area contributed by atoms with Gasteiger partial charge in [-0.15, -0.1) is 11.3 Å². The number of thiophene rings is 1. The summed E-state index contributed by atoms with van der Waals surface area (Å²) >= 11 is 1.87. The second-order valence-corrected chi connectivity index (χ2v) is 9.51. The van der Waals surface area contributed by atoms with Crippen molar-refractivity contribution in [3.05, 3.63) is 21.9 Å². The van der Waals surface area contributed by atoms with Crippen molar-refractivity contribution in [2.45, 2.75) is 57.0 Å². The Morgan fingerprint density at radius 1 is 1.29 bits per heavy atom. The van der Waals surface area contributed by atoms with Gasteiger partial charge in [0.15, 0.2) is 0 Å². The number of aliphatic carboxylic acids is 1. The second-order valence-electron chi connectivity index (χ2n) is 8.51. The Bertz CT molecular complexity index is 714. The van der Waals surface area contributed by atoms with E-state index in [0.29, 0.717) is 12.0 Å². The molecule has 0 aromatic carbocycles. The fourth-order valence-electron chi connectivity index (χ4n) is 4.18. The lowest BCUT2D eigenvalue weighted by Gasteiger charge is -2.53. The van der Waals surface area contributed by atoms with E-state index < -0.39 is 12.1 Å². The molecule has 0 radical (unpaired) electrons. The molecule has 3 aliphatic heterocycles. The summed E-state index contributed by atoms with van der Waals surface area (Å²) in [5.41, 5.74) is 1.48. The van der Waals surface area contributed by atoms with Crippen LogP contribution < -0.4 is 0 Å².